The average Bonchev–Trinajstić information content (AvgIpc) is 3.31. The number of hydrogen-bond acceptors (Lipinski definition) is 6. The van der Waals surface area contributed by atoms with Gasteiger partial charge in [-0.25, -0.2) is 4.98 Å². The summed E-state index contributed by atoms with van der Waals surface area (Å²) < 4.78 is 10.6. The van der Waals surface area contributed by atoms with Gasteiger partial charge in [0.15, 0.2) is 12.2 Å². The maximum absolute atomic E-state index is 12.4. The molecule has 3 N–H and O–H groups in total. The molecule has 170 valence electrons. The van der Waals surface area contributed by atoms with Crippen molar-refractivity contribution in [1.29, 1.82) is 0 Å². The highest BCUT2D eigenvalue weighted by Gasteiger charge is 2.24. The van der Waals surface area contributed by atoms with Crippen LogP contribution in [0.5, 0.6) is 5.75 Å². The molecule has 0 aliphatic heterocycles. The highest BCUT2D eigenvalue weighted by Crippen LogP contribution is 2.32. The van der Waals surface area contributed by atoms with E-state index in [1.165, 1.54) is 13.5 Å². The van der Waals surface area contributed by atoms with Crippen molar-refractivity contribution in [3.63, 3.8) is 0 Å². The number of rotatable bonds is 7. The largest absolute Gasteiger partial charge is 0.496 e. The van der Waals surface area contributed by atoms with Crippen LogP contribution in [0.1, 0.15) is 24.8 Å². The fraction of sp³-hybridized carbons (Fsp3) is 0.250. The number of oxazole rings is 1. The Hall–Kier alpha value is -4.14. The Morgan fingerprint density at radius 1 is 1.06 bits per heavy atom. The van der Waals surface area contributed by atoms with Crippen molar-refractivity contribution >= 4 is 29.1 Å². The van der Waals surface area contributed by atoms with Gasteiger partial charge >= 0.3 is 11.8 Å². The molecule has 1 heterocycles. The number of anilines is 2. The Morgan fingerprint density at radius 3 is 2.45 bits per heavy atom. The third kappa shape index (κ3) is 5.38. The molecule has 9 heteroatoms. The minimum Gasteiger partial charge on any atom is -0.496 e. The average molecular weight is 448 g/mol. The molecule has 0 radical (unpaired) electrons. The van der Waals surface area contributed by atoms with Crippen molar-refractivity contribution in [3.8, 4) is 17.1 Å². The zero-order valence-electron chi connectivity index (χ0n) is 18.1. The molecule has 0 atom stereocenters. The molecule has 1 aromatic heterocycles. The van der Waals surface area contributed by atoms with E-state index in [2.05, 4.69) is 20.9 Å². The number of hydrogen-bond donors (Lipinski definition) is 3. The molecule has 1 saturated carbocycles. The third-order valence-electron chi connectivity index (χ3n) is 5.49. The van der Waals surface area contributed by atoms with Crippen molar-refractivity contribution < 1.29 is 23.5 Å². The topological polar surface area (TPSA) is 123 Å². The summed E-state index contributed by atoms with van der Waals surface area (Å²) in [7, 11) is 1.50. The summed E-state index contributed by atoms with van der Waals surface area (Å²) in [5.41, 5.74) is 2.35. The van der Waals surface area contributed by atoms with Crippen LogP contribution in [0.25, 0.3) is 11.3 Å². The molecule has 0 spiro atoms. The van der Waals surface area contributed by atoms with Gasteiger partial charge in [-0.05, 0) is 42.7 Å². The minimum absolute atomic E-state index is 0.0554. The van der Waals surface area contributed by atoms with Crippen LogP contribution >= 0.6 is 0 Å². The van der Waals surface area contributed by atoms with Crippen LogP contribution < -0.4 is 20.7 Å². The number of nitrogens with one attached hydrogen (secondary N) is 3. The Bertz CT molecular complexity index is 1160. The number of nitrogens with zero attached hydrogens (tertiary/aromatic N) is 1. The number of aromatic nitrogens is 1. The molecule has 0 unspecified atom stereocenters. The first-order valence-electron chi connectivity index (χ1n) is 10.6. The first kappa shape index (κ1) is 22.1. The van der Waals surface area contributed by atoms with Crippen molar-refractivity contribution in [1.82, 2.24) is 10.3 Å². The van der Waals surface area contributed by atoms with Crippen molar-refractivity contribution in [3.05, 3.63) is 60.6 Å². The molecule has 9 nitrogen and oxygen atoms in total. The summed E-state index contributed by atoms with van der Waals surface area (Å²) in [6, 6.07) is 11.9. The lowest BCUT2D eigenvalue weighted by Gasteiger charge is -2.24. The lowest BCUT2D eigenvalue weighted by atomic mass is 9.85. The number of amides is 3. The standard InChI is InChI=1S/C24H24N4O5/c1-32-20-11-18(8-9-19(20)21-13-25-14-33-21)28-24(31)23(30)27-17-7-2-4-15(10-17)12-26-22(29)16-5-3-6-16/h2,4,7-11,13-14,16H,3,5-6,12H2,1H3,(H,26,29)(H,27,30)(H,28,31). The van der Waals surface area contributed by atoms with Crippen LogP contribution in [0.2, 0.25) is 0 Å². The van der Waals surface area contributed by atoms with E-state index in [0.717, 1.165) is 24.8 Å². The quantitative estimate of drug-likeness (QED) is 0.477. The van der Waals surface area contributed by atoms with E-state index < -0.39 is 11.8 Å². The minimum atomic E-state index is -0.826. The van der Waals surface area contributed by atoms with Crippen molar-refractivity contribution in [2.45, 2.75) is 25.8 Å². The zero-order valence-corrected chi connectivity index (χ0v) is 18.1. The van der Waals surface area contributed by atoms with E-state index in [-0.39, 0.29) is 11.8 Å². The first-order valence-corrected chi connectivity index (χ1v) is 10.6. The van der Waals surface area contributed by atoms with Crippen molar-refractivity contribution in [2.24, 2.45) is 5.92 Å². The van der Waals surface area contributed by atoms with E-state index >= 15 is 0 Å². The summed E-state index contributed by atoms with van der Waals surface area (Å²) >= 11 is 0. The summed E-state index contributed by atoms with van der Waals surface area (Å²) in [4.78, 5) is 40.7. The zero-order chi connectivity index (χ0) is 23.2. The second-order valence-electron chi connectivity index (χ2n) is 7.74. The van der Waals surface area contributed by atoms with Crippen LogP contribution in [0.3, 0.4) is 0 Å². The molecule has 0 saturated heterocycles. The fourth-order valence-electron chi connectivity index (χ4n) is 3.46. The van der Waals surface area contributed by atoms with Crippen LogP contribution in [-0.4, -0.2) is 29.8 Å². The van der Waals surface area contributed by atoms with Gasteiger partial charge in [0.2, 0.25) is 5.91 Å². The van der Waals surface area contributed by atoms with Crippen LogP contribution in [0.4, 0.5) is 11.4 Å². The van der Waals surface area contributed by atoms with Gasteiger partial charge < -0.3 is 25.1 Å². The number of benzene rings is 2. The third-order valence-corrected chi connectivity index (χ3v) is 5.49. The maximum atomic E-state index is 12.4. The van der Waals surface area contributed by atoms with Gasteiger partial charge in [-0.1, -0.05) is 18.6 Å². The van der Waals surface area contributed by atoms with Gasteiger partial charge in [0.1, 0.15) is 5.75 Å². The van der Waals surface area contributed by atoms with Crippen LogP contribution in [0.15, 0.2) is 59.5 Å². The molecule has 2 aromatic carbocycles. The second kappa shape index (κ2) is 9.99. The van der Waals surface area contributed by atoms with Gasteiger partial charge in [0.05, 0.1) is 18.9 Å². The van der Waals surface area contributed by atoms with E-state index in [9.17, 15) is 14.4 Å². The van der Waals surface area contributed by atoms with Gasteiger partial charge in [-0.15, -0.1) is 0 Å². The number of ether oxygens (including phenoxy) is 1. The number of carbonyl (C=O) groups is 3. The van der Waals surface area contributed by atoms with Crippen LogP contribution in [-0.2, 0) is 20.9 Å². The SMILES string of the molecule is COc1cc(NC(=O)C(=O)Nc2cccc(CNC(=O)C3CCC3)c2)ccc1-c1cnco1. The number of methoxy groups -OCH3 is 1. The van der Waals surface area contributed by atoms with Gasteiger partial charge in [-0.3, -0.25) is 14.4 Å². The Kier molecular flexibility index (Phi) is 6.68. The smallest absolute Gasteiger partial charge is 0.314 e. The molecular formula is C24H24N4O5. The Labute approximate surface area is 190 Å². The second-order valence-corrected chi connectivity index (χ2v) is 7.74. The molecule has 1 fully saturated rings. The predicted octanol–water partition coefficient (Wildman–Crippen LogP) is 3.34. The molecule has 4 rings (SSSR count). The first-order chi connectivity index (χ1) is 16.0. The van der Waals surface area contributed by atoms with Crippen molar-refractivity contribution in [2.75, 3.05) is 17.7 Å². The van der Waals surface area contributed by atoms with Gasteiger partial charge in [0, 0.05) is 29.9 Å². The Morgan fingerprint density at radius 2 is 1.82 bits per heavy atom. The molecule has 3 amide bonds. The van der Waals surface area contributed by atoms with E-state index in [1.54, 1.807) is 42.6 Å². The van der Waals surface area contributed by atoms with Crippen LogP contribution in [0, 0.1) is 5.92 Å². The van der Waals surface area contributed by atoms with E-state index in [1.807, 2.05) is 6.07 Å². The molecule has 33 heavy (non-hydrogen) atoms. The van der Waals surface area contributed by atoms with Gasteiger partial charge in [0.25, 0.3) is 0 Å². The monoisotopic (exact) mass is 448 g/mol. The number of carbonyl (C=O) groups excluding carboxylic acids is 3. The summed E-state index contributed by atoms with van der Waals surface area (Å²) in [5, 5.41) is 8.04. The lowest BCUT2D eigenvalue weighted by Crippen LogP contribution is -2.34. The highest BCUT2D eigenvalue weighted by atomic mass is 16.5. The molecule has 3 aromatic rings. The summed E-state index contributed by atoms with van der Waals surface area (Å²) in [5.74, 6) is -0.496. The molecule has 1 aliphatic carbocycles. The summed E-state index contributed by atoms with van der Waals surface area (Å²) in [6.45, 7) is 0.364. The fourth-order valence-corrected chi connectivity index (χ4v) is 3.46. The molecular weight excluding hydrogens is 424 g/mol. The molecule has 1 aliphatic rings. The Balaban J connectivity index is 1.35. The normalized spacial score (nSPS) is 13.0. The molecule has 0 bridgehead atoms. The maximum Gasteiger partial charge on any atom is 0.314 e. The van der Waals surface area contributed by atoms with E-state index in [0.29, 0.717) is 35.0 Å². The lowest BCUT2D eigenvalue weighted by molar-refractivity contribution is -0.133. The summed E-state index contributed by atoms with van der Waals surface area (Å²) in [6.07, 6.45) is 5.83. The van der Waals surface area contributed by atoms with Gasteiger partial charge in [-0.2, -0.15) is 0 Å². The predicted molar refractivity (Wildman–Crippen MR) is 121 cm³/mol. The highest BCUT2D eigenvalue weighted by molar-refractivity contribution is 6.43. The van der Waals surface area contributed by atoms with E-state index in [4.69, 9.17) is 9.15 Å².